The second-order valence-corrected chi connectivity index (χ2v) is 9.58. The Labute approximate surface area is 170 Å². The first-order chi connectivity index (χ1) is 11.8. The number of hydrogen-bond donors (Lipinski definition) is 0. The Hall–Kier alpha value is -0.920. The maximum atomic E-state index is 6.30. The molecule has 0 unspecified atom stereocenters. The van der Waals surface area contributed by atoms with Crippen molar-refractivity contribution >= 4 is 44.7 Å². The van der Waals surface area contributed by atoms with Gasteiger partial charge in [-0.2, -0.15) is 0 Å². The summed E-state index contributed by atoms with van der Waals surface area (Å²) in [5.41, 5.74) is 2.78. The van der Waals surface area contributed by atoms with Crippen LogP contribution in [0.4, 0.5) is 0 Å². The van der Waals surface area contributed by atoms with Crippen molar-refractivity contribution in [3.8, 4) is 11.5 Å². The van der Waals surface area contributed by atoms with Crippen LogP contribution in [-0.4, -0.2) is 19.4 Å². The second-order valence-electron chi connectivity index (χ2n) is 7.48. The van der Waals surface area contributed by atoms with Crippen LogP contribution in [0, 0.1) is 3.57 Å². The number of halogens is 2. The van der Waals surface area contributed by atoms with Crippen LogP contribution in [-0.2, 0) is 15.7 Å². The van der Waals surface area contributed by atoms with Gasteiger partial charge in [0.15, 0.2) is 0 Å². The number of nitrogens with zero attached hydrogens (tertiary/aromatic N) is 1. The zero-order valence-electron chi connectivity index (χ0n) is 14.4. The van der Waals surface area contributed by atoms with Crippen LogP contribution in [0.25, 0.3) is 0 Å². The second kappa shape index (κ2) is 6.06. The maximum absolute atomic E-state index is 6.30. The lowest BCUT2D eigenvalue weighted by Crippen LogP contribution is -2.40. The van der Waals surface area contributed by atoms with Crippen LogP contribution in [0.3, 0.4) is 0 Å². The summed E-state index contributed by atoms with van der Waals surface area (Å²) in [6, 6.07) is 10.4. The van der Waals surface area contributed by atoms with Gasteiger partial charge in [0, 0.05) is 25.4 Å². The highest BCUT2D eigenvalue weighted by molar-refractivity contribution is 14.1. The molecule has 1 spiro atoms. The lowest BCUT2D eigenvalue weighted by Gasteiger charge is -2.42. The summed E-state index contributed by atoms with van der Waals surface area (Å²) in [5, 5.41) is 0. The molecule has 0 radical (unpaired) electrons. The van der Waals surface area contributed by atoms with Crippen molar-refractivity contribution in [3.63, 3.8) is 0 Å². The Morgan fingerprint density at radius 3 is 2.60 bits per heavy atom. The van der Waals surface area contributed by atoms with Gasteiger partial charge in [0.2, 0.25) is 0 Å². The van der Waals surface area contributed by atoms with Crippen molar-refractivity contribution in [2.24, 2.45) is 4.99 Å². The quantitative estimate of drug-likeness (QED) is 0.418. The molecule has 2 heterocycles. The monoisotopic (exact) mass is 511 g/mol. The lowest BCUT2D eigenvalue weighted by atomic mass is 9.72. The Morgan fingerprint density at radius 2 is 1.92 bits per heavy atom. The summed E-state index contributed by atoms with van der Waals surface area (Å²) in [6.07, 6.45) is 1.88. The average molecular weight is 512 g/mol. The summed E-state index contributed by atoms with van der Waals surface area (Å²) >= 11 is 6.10. The van der Waals surface area contributed by atoms with E-state index in [1.807, 2.05) is 18.3 Å². The van der Waals surface area contributed by atoms with E-state index in [9.17, 15) is 0 Å². The van der Waals surface area contributed by atoms with Crippen LogP contribution in [0.2, 0.25) is 0 Å². The largest absolute Gasteiger partial charge is 0.457 e. The molecule has 4 rings (SSSR count). The van der Waals surface area contributed by atoms with Gasteiger partial charge >= 0.3 is 0 Å². The molecule has 2 aliphatic rings. The molecule has 0 fully saturated rings. The van der Waals surface area contributed by atoms with Crippen LogP contribution in [0.15, 0.2) is 39.8 Å². The van der Waals surface area contributed by atoms with E-state index < -0.39 is 5.54 Å². The molecule has 0 saturated carbocycles. The van der Waals surface area contributed by atoms with Crippen LogP contribution < -0.4 is 4.74 Å². The summed E-state index contributed by atoms with van der Waals surface area (Å²) in [7, 11) is 0. The van der Waals surface area contributed by atoms with Crippen LogP contribution >= 0.6 is 38.5 Å². The third kappa shape index (κ3) is 2.75. The Morgan fingerprint density at radius 1 is 1.16 bits per heavy atom. The number of aliphatic imine (C=N–C) groups is 1. The SMILES string of the molecule is CC(C)(C)c1c(Br)ccc2c1[C@]1(COCC=N1)c1cc(I)ccc1O2. The maximum Gasteiger partial charge on any atom is 0.141 e. The minimum absolute atomic E-state index is 0.0626. The van der Waals surface area contributed by atoms with E-state index in [0.717, 1.165) is 30.7 Å². The molecular weight excluding hydrogens is 493 g/mol. The molecule has 0 aliphatic carbocycles. The van der Waals surface area contributed by atoms with Crippen LogP contribution in [0.1, 0.15) is 37.5 Å². The highest BCUT2D eigenvalue weighted by atomic mass is 127. The van der Waals surface area contributed by atoms with Gasteiger partial charge in [-0.15, -0.1) is 0 Å². The Balaban J connectivity index is 2.11. The molecule has 3 nitrogen and oxygen atoms in total. The molecule has 25 heavy (non-hydrogen) atoms. The third-order valence-electron chi connectivity index (χ3n) is 4.70. The molecule has 2 aliphatic heterocycles. The molecular formula is C20H19BrINO2. The molecule has 0 aromatic heterocycles. The third-order valence-corrected chi connectivity index (χ3v) is 6.03. The first-order valence-electron chi connectivity index (χ1n) is 8.26. The minimum Gasteiger partial charge on any atom is -0.457 e. The number of fused-ring (bicyclic) bond motifs is 4. The molecule has 130 valence electrons. The van der Waals surface area contributed by atoms with E-state index in [-0.39, 0.29) is 5.41 Å². The zero-order chi connectivity index (χ0) is 17.8. The lowest BCUT2D eigenvalue weighted by molar-refractivity contribution is 0.113. The summed E-state index contributed by atoms with van der Waals surface area (Å²) < 4.78 is 14.4. The highest BCUT2D eigenvalue weighted by Gasteiger charge is 2.47. The smallest absolute Gasteiger partial charge is 0.141 e. The predicted octanol–water partition coefficient (Wildman–Crippen LogP) is 5.80. The van der Waals surface area contributed by atoms with Crippen molar-refractivity contribution in [3.05, 3.63) is 55.1 Å². The molecule has 0 bridgehead atoms. The first-order valence-corrected chi connectivity index (χ1v) is 10.1. The molecule has 2 aromatic carbocycles. The summed E-state index contributed by atoms with van der Waals surface area (Å²) in [4.78, 5) is 5.01. The Kier molecular flexibility index (Phi) is 4.24. The fourth-order valence-corrected chi connectivity index (χ4v) is 5.14. The van der Waals surface area contributed by atoms with E-state index in [1.165, 1.54) is 5.56 Å². The van der Waals surface area contributed by atoms with Crippen molar-refractivity contribution in [1.82, 2.24) is 0 Å². The van der Waals surface area contributed by atoms with Gasteiger partial charge in [0.05, 0.1) is 13.2 Å². The standard InChI is InChI=1S/C20H19BrINO2/c1-19(2,3)17-14(21)5-7-16-18(17)20(11-24-9-8-23-20)13-10-12(22)4-6-15(13)25-16/h4-8,10H,9,11H2,1-3H3/t20-/m0/s1. The van der Waals surface area contributed by atoms with E-state index in [0.29, 0.717) is 13.2 Å². The Bertz CT molecular complexity index is 888. The van der Waals surface area contributed by atoms with Gasteiger partial charge in [-0.3, -0.25) is 4.99 Å². The highest BCUT2D eigenvalue weighted by Crippen LogP contribution is 2.54. The van der Waals surface area contributed by atoms with Crippen molar-refractivity contribution in [2.75, 3.05) is 13.2 Å². The van der Waals surface area contributed by atoms with Gasteiger partial charge in [0.25, 0.3) is 0 Å². The fraction of sp³-hybridized carbons (Fsp3) is 0.350. The molecule has 5 heteroatoms. The van der Waals surface area contributed by atoms with Gasteiger partial charge in [0.1, 0.15) is 17.0 Å². The zero-order valence-corrected chi connectivity index (χ0v) is 18.1. The van der Waals surface area contributed by atoms with E-state index in [2.05, 4.69) is 77.5 Å². The molecule has 0 amide bonds. The number of ether oxygens (including phenoxy) is 2. The summed E-state index contributed by atoms with van der Waals surface area (Å²) in [6.45, 7) is 7.73. The normalized spacial score (nSPS) is 21.6. The topological polar surface area (TPSA) is 30.8 Å². The van der Waals surface area contributed by atoms with Gasteiger partial charge in [-0.1, -0.05) is 36.7 Å². The molecule has 1 atom stereocenters. The predicted molar refractivity (Wildman–Crippen MR) is 112 cm³/mol. The van der Waals surface area contributed by atoms with Crippen molar-refractivity contribution in [2.45, 2.75) is 31.7 Å². The molecule has 2 aromatic rings. The first kappa shape index (κ1) is 17.5. The van der Waals surface area contributed by atoms with Gasteiger partial charge in [-0.25, -0.2) is 0 Å². The van der Waals surface area contributed by atoms with Crippen molar-refractivity contribution < 1.29 is 9.47 Å². The van der Waals surface area contributed by atoms with Crippen LogP contribution in [0.5, 0.6) is 11.5 Å². The fourth-order valence-electron chi connectivity index (χ4n) is 3.73. The van der Waals surface area contributed by atoms with Crippen molar-refractivity contribution in [1.29, 1.82) is 0 Å². The molecule has 0 saturated heterocycles. The summed E-state index contributed by atoms with van der Waals surface area (Å²) in [5.74, 6) is 1.72. The van der Waals surface area contributed by atoms with E-state index in [1.54, 1.807) is 0 Å². The number of rotatable bonds is 0. The van der Waals surface area contributed by atoms with E-state index in [4.69, 9.17) is 14.5 Å². The average Bonchev–Trinajstić information content (AvgIpc) is 2.56. The number of hydrogen-bond acceptors (Lipinski definition) is 3. The number of benzene rings is 2. The minimum atomic E-state index is -0.561. The molecule has 0 N–H and O–H groups in total. The van der Waals surface area contributed by atoms with E-state index >= 15 is 0 Å². The van der Waals surface area contributed by atoms with Gasteiger partial charge < -0.3 is 9.47 Å². The van der Waals surface area contributed by atoms with Gasteiger partial charge in [-0.05, 0) is 63.9 Å².